The number of piperidine rings is 1. The lowest BCUT2D eigenvalue weighted by atomic mass is 9.97. The van der Waals surface area contributed by atoms with Crippen LogP contribution in [0.2, 0.25) is 0 Å². The molecule has 6 heterocycles. The summed E-state index contributed by atoms with van der Waals surface area (Å²) in [6, 6.07) is 4.06. The molecule has 37 heavy (non-hydrogen) atoms. The van der Waals surface area contributed by atoms with Crippen molar-refractivity contribution >= 4 is 22.9 Å². The van der Waals surface area contributed by atoms with Crippen molar-refractivity contribution < 1.29 is 9.21 Å². The van der Waals surface area contributed by atoms with E-state index in [4.69, 9.17) is 9.40 Å². The van der Waals surface area contributed by atoms with Crippen molar-refractivity contribution in [2.24, 2.45) is 5.92 Å². The zero-order chi connectivity index (χ0) is 25.0. The third-order valence-corrected chi connectivity index (χ3v) is 8.20. The van der Waals surface area contributed by atoms with Crippen molar-refractivity contribution in [3.8, 4) is 0 Å². The average Bonchev–Trinajstić information content (AvgIpc) is 3.31. The quantitative estimate of drug-likeness (QED) is 0.540. The zero-order valence-corrected chi connectivity index (χ0v) is 21.8. The first-order chi connectivity index (χ1) is 18.2. The maximum atomic E-state index is 13.1. The molecule has 0 radical (unpaired) electrons. The molecule has 2 saturated heterocycles. The number of hydrogen-bond donors (Lipinski definition) is 1. The Morgan fingerprint density at radius 3 is 2.65 bits per heavy atom. The molecule has 2 fully saturated rings. The first-order valence-corrected chi connectivity index (χ1v) is 14.3. The Labute approximate surface area is 218 Å². The van der Waals surface area contributed by atoms with Gasteiger partial charge in [-0.3, -0.25) is 9.69 Å². The molecule has 9 heteroatoms. The van der Waals surface area contributed by atoms with E-state index in [-0.39, 0.29) is 11.8 Å². The normalized spacial score (nSPS) is 21.4. The van der Waals surface area contributed by atoms with Crippen LogP contribution in [-0.4, -0.2) is 56.5 Å². The number of imidazole rings is 1. The number of likely N-dealkylation sites (tertiary alicyclic amines) is 1. The summed E-state index contributed by atoms with van der Waals surface area (Å²) in [6.07, 6.45) is 13.3. The van der Waals surface area contributed by atoms with Gasteiger partial charge in [0.2, 0.25) is 5.91 Å². The molecule has 6 rings (SSSR count). The molecule has 3 aromatic heterocycles. The highest BCUT2D eigenvalue weighted by Gasteiger charge is 2.29. The molecule has 3 aliphatic heterocycles. The third kappa shape index (κ3) is 5.51. The van der Waals surface area contributed by atoms with E-state index >= 15 is 0 Å². The highest BCUT2D eigenvalue weighted by Crippen LogP contribution is 2.29. The Bertz CT molecular complexity index is 1210. The van der Waals surface area contributed by atoms with Crippen LogP contribution >= 0.6 is 0 Å². The van der Waals surface area contributed by atoms with Crippen molar-refractivity contribution in [2.75, 3.05) is 31.1 Å². The number of rotatable bonds is 6. The fraction of sp³-hybridized carbons (Fsp3) is 0.643. The Balaban J connectivity index is 1.07. The van der Waals surface area contributed by atoms with Crippen molar-refractivity contribution in [1.82, 2.24) is 29.7 Å². The fourth-order valence-electron chi connectivity index (χ4n) is 6.18. The number of anilines is 1. The topological polar surface area (TPSA) is 92.3 Å². The molecule has 0 aromatic carbocycles. The summed E-state index contributed by atoms with van der Waals surface area (Å²) in [7, 11) is 0. The standard InChI is InChI=1S/C28H39N7O2/c36-28(29-17-22-11-12-23(37-22)19-33-13-5-1-2-6-14-33)21-9-8-15-34(18-21)26-25-27(31-20-30-26)35-16-7-3-4-10-24(35)32-25/h11-12,20-21H,1-10,13-19H2,(H,29,36). The minimum Gasteiger partial charge on any atom is -0.463 e. The van der Waals surface area contributed by atoms with E-state index in [1.54, 1.807) is 6.33 Å². The molecule has 1 N–H and O–H groups in total. The van der Waals surface area contributed by atoms with Gasteiger partial charge in [0.25, 0.3) is 0 Å². The third-order valence-electron chi connectivity index (χ3n) is 8.20. The smallest absolute Gasteiger partial charge is 0.225 e. The fourth-order valence-corrected chi connectivity index (χ4v) is 6.18. The molecular weight excluding hydrogens is 466 g/mol. The van der Waals surface area contributed by atoms with Crippen LogP contribution in [0.15, 0.2) is 22.9 Å². The number of furan rings is 1. The van der Waals surface area contributed by atoms with Crippen LogP contribution in [0.3, 0.4) is 0 Å². The van der Waals surface area contributed by atoms with Gasteiger partial charge in [-0.05, 0) is 63.7 Å². The number of hydrogen-bond acceptors (Lipinski definition) is 7. The predicted octanol–water partition coefficient (Wildman–Crippen LogP) is 4.05. The van der Waals surface area contributed by atoms with Gasteiger partial charge in [-0.1, -0.05) is 19.3 Å². The molecule has 1 unspecified atom stereocenters. The van der Waals surface area contributed by atoms with E-state index in [0.29, 0.717) is 13.1 Å². The van der Waals surface area contributed by atoms with E-state index in [1.807, 2.05) is 6.07 Å². The lowest BCUT2D eigenvalue weighted by Gasteiger charge is -2.32. The number of fused-ring (bicyclic) bond motifs is 3. The van der Waals surface area contributed by atoms with Crippen LogP contribution in [0, 0.1) is 5.92 Å². The molecule has 3 aromatic rings. The van der Waals surface area contributed by atoms with Crippen molar-refractivity contribution in [3.05, 3.63) is 35.8 Å². The monoisotopic (exact) mass is 505 g/mol. The molecule has 9 nitrogen and oxygen atoms in total. The van der Waals surface area contributed by atoms with E-state index in [9.17, 15) is 4.79 Å². The van der Waals surface area contributed by atoms with Crippen molar-refractivity contribution in [1.29, 1.82) is 0 Å². The largest absolute Gasteiger partial charge is 0.463 e. The maximum Gasteiger partial charge on any atom is 0.225 e. The number of aryl methyl sites for hydroxylation is 2. The first-order valence-electron chi connectivity index (χ1n) is 14.3. The van der Waals surface area contributed by atoms with Gasteiger partial charge in [-0.25, -0.2) is 15.0 Å². The minimum atomic E-state index is -0.0780. The summed E-state index contributed by atoms with van der Waals surface area (Å²) in [4.78, 5) is 32.0. The Hall–Kier alpha value is -2.94. The van der Waals surface area contributed by atoms with Gasteiger partial charge < -0.3 is 19.2 Å². The summed E-state index contributed by atoms with van der Waals surface area (Å²) < 4.78 is 8.33. The van der Waals surface area contributed by atoms with Crippen LogP contribution in [-0.2, 0) is 30.8 Å². The summed E-state index contributed by atoms with van der Waals surface area (Å²) in [5.74, 6) is 3.80. The van der Waals surface area contributed by atoms with Crippen LogP contribution in [0.4, 0.5) is 5.82 Å². The second kappa shape index (κ2) is 11.2. The molecule has 3 aliphatic rings. The van der Waals surface area contributed by atoms with Crippen LogP contribution in [0.1, 0.15) is 75.1 Å². The molecule has 1 amide bonds. The Morgan fingerprint density at radius 1 is 0.946 bits per heavy atom. The SMILES string of the molecule is O=C(NCc1ccc(CN2CCCCCC2)o1)C1CCCN(c2ncnc3c2nc2n3CCCCC2)C1. The molecule has 1 atom stereocenters. The first kappa shape index (κ1) is 24.4. The molecule has 0 spiro atoms. The number of amides is 1. The van der Waals surface area contributed by atoms with E-state index in [0.717, 1.165) is 86.3 Å². The number of aromatic nitrogens is 4. The second-order valence-corrected chi connectivity index (χ2v) is 10.9. The molecular formula is C28H39N7O2. The lowest BCUT2D eigenvalue weighted by molar-refractivity contribution is -0.125. The molecule has 0 aliphatic carbocycles. The zero-order valence-electron chi connectivity index (χ0n) is 21.8. The number of carbonyl (C=O) groups is 1. The van der Waals surface area contributed by atoms with Gasteiger partial charge in [0, 0.05) is 26.1 Å². The predicted molar refractivity (Wildman–Crippen MR) is 142 cm³/mol. The summed E-state index contributed by atoms with van der Waals surface area (Å²) in [6.45, 7) is 6.09. The summed E-state index contributed by atoms with van der Waals surface area (Å²) >= 11 is 0. The van der Waals surface area contributed by atoms with Gasteiger partial charge in [-0.2, -0.15) is 0 Å². The maximum absolute atomic E-state index is 13.1. The van der Waals surface area contributed by atoms with Gasteiger partial charge in [-0.15, -0.1) is 0 Å². The summed E-state index contributed by atoms with van der Waals surface area (Å²) in [5.41, 5.74) is 1.82. The second-order valence-electron chi connectivity index (χ2n) is 10.9. The van der Waals surface area contributed by atoms with E-state index < -0.39 is 0 Å². The van der Waals surface area contributed by atoms with Gasteiger partial charge >= 0.3 is 0 Å². The number of nitrogens with zero attached hydrogens (tertiary/aromatic N) is 6. The summed E-state index contributed by atoms with van der Waals surface area (Å²) in [5, 5.41) is 3.13. The molecule has 0 bridgehead atoms. The van der Waals surface area contributed by atoms with E-state index in [2.05, 4.69) is 35.7 Å². The molecule has 0 saturated carbocycles. The number of carbonyl (C=O) groups excluding carboxylic acids is 1. The van der Waals surface area contributed by atoms with Gasteiger partial charge in [0.1, 0.15) is 23.7 Å². The van der Waals surface area contributed by atoms with Crippen molar-refractivity contribution in [2.45, 2.75) is 83.8 Å². The minimum absolute atomic E-state index is 0.0780. The van der Waals surface area contributed by atoms with Gasteiger partial charge in [0.05, 0.1) is 19.0 Å². The lowest BCUT2D eigenvalue weighted by Crippen LogP contribution is -2.43. The average molecular weight is 506 g/mol. The van der Waals surface area contributed by atoms with Crippen molar-refractivity contribution in [3.63, 3.8) is 0 Å². The Kier molecular flexibility index (Phi) is 7.39. The highest BCUT2D eigenvalue weighted by atomic mass is 16.3. The van der Waals surface area contributed by atoms with Crippen LogP contribution < -0.4 is 10.2 Å². The number of nitrogens with one attached hydrogen (secondary N) is 1. The Morgan fingerprint density at radius 2 is 1.76 bits per heavy atom. The molecule has 198 valence electrons. The van der Waals surface area contributed by atoms with Gasteiger partial charge in [0.15, 0.2) is 17.0 Å². The van der Waals surface area contributed by atoms with E-state index in [1.165, 1.54) is 44.9 Å². The highest BCUT2D eigenvalue weighted by molar-refractivity contribution is 5.85. The van der Waals surface area contributed by atoms with Crippen LogP contribution in [0.25, 0.3) is 11.2 Å². The van der Waals surface area contributed by atoms with Crippen LogP contribution in [0.5, 0.6) is 0 Å².